The minimum absolute atomic E-state index is 0.0700. The van der Waals surface area contributed by atoms with Gasteiger partial charge in [0.25, 0.3) is 0 Å². The van der Waals surface area contributed by atoms with E-state index in [4.69, 9.17) is 11.2 Å². The lowest BCUT2D eigenvalue weighted by Crippen LogP contribution is -2.09. The fourth-order valence-electron chi connectivity index (χ4n) is 1.27. The van der Waals surface area contributed by atoms with Crippen molar-refractivity contribution >= 4 is 12.6 Å². The van der Waals surface area contributed by atoms with Gasteiger partial charge in [-0.1, -0.05) is 31.4 Å². The van der Waals surface area contributed by atoms with E-state index in [0.717, 1.165) is 30.6 Å². The molecule has 0 N–H and O–H groups in total. The minimum atomic E-state index is -0.0700. The summed E-state index contributed by atoms with van der Waals surface area (Å²) < 4.78 is 5.66. The van der Waals surface area contributed by atoms with Crippen LogP contribution in [0.2, 0.25) is 0 Å². The minimum Gasteiger partial charge on any atom is -0.479 e. The molecule has 1 rings (SSSR count). The number of para-hydroxylation sites is 1. The molecule has 0 amide bonds. The Hall–Kier alpha value is -1.07. The van der Waals surface area contributed by atoms with Crippen LogP contribution in [0.15, 0.2) is 24.3 Å². The number of unbranched alkanes of at least 4 members (excludes halogenated alkanes) is 1. The SMILES string of the molecule is C#Cc1ccccc1OC(S)CCCC. The van der Waals surface area contributed by atoms with Gasteiger partial charge >= 0.3 is 0 Å². The van der Waals surface area contributed by atoms with Crippen molar-refractivity contribution in [2.24, 2.45) is 0 Å². The van der Waals surface area contributed by atoms with Gasteiger partial charge in [-0.15, -0.1) is 19.1 Å². The average Bonchev–Trinajstić information content (AvgIpc) is 2.27. The van der Waals surface area contributed by atoms with Gasteiger partial charge in [-0.25, -0.2) is 0 Å². The van der Waals surface area contributed by atoms with Gasteiger partial charge in [0.15, 0.2) is 0 Å². The normalized spacial score (nSPS) is 11.8. The third-order valence-electron chi connectivity index (χ3n) is 2.11. The van der Waals surface area contributed by atoms with Crippen molar-refractivity contribution in [1.29, 1.82) is 0 Å². The molecule has 2 heteroatoms. The molecule has 0 aliphatic rings. The maximum Gasteiger partial charge on any atom is 0.141 e. The smallest absolute Gasteiger partial charge is 0.141 e. The second-order valence-electron chi connectivity index (χ2n) is 3.36. The molecule has 0 radical (unpaired) electrons. The molecule has 1 aromatic rings. The van der Waals surface area contributed by atoms with Crippen molar-refractivity contribution in [3.8, 4) is 18.1 Å². The van der Waals surface area contributed by atoms with E-state index in [9.17, 15) is 0 Å². The molecule has 0 fully saturated rings. The molecule has 1 aromatic carbocycles. The van der Waals surface area contributed by atoms with Crippen molar-refractivity contribution in [2.45, 2.75) is 31.6 Å². The quantitative estimate of drug-likeness (QED) is 0.454. The number of thiol groups is 1. The number of benzene rings is 1. The standard InChI is InChI=1S/C13H16OS/c1-3-5-10-13(15)14-12-9-7-6-8-11(12)4-2/h2,6-9,13,15H,3,5,10H2,1H3. The van der Waals surface area contributed by atoms with Crippen LogP contribution < -0.4 is 4.74 Å². The Bertz CT molecular complexity index is 341. The summed E-state index contributed by atoms with van der Waals surface area (Å²) in [5.74, 6) is 3.34. The number of terminal acetylenes is 1. The topological polar surface area (TPSA) is 9.23 Å². The molecule has 15 heavy (non-hydrogen) atoms. The zero-order chi connectivity index (χ0) is 11.1. The van der Waals surface area contributed by atoms with Gasteiger partial charge in [-0.05, 0) is 25.0 Å². The first kappa shape index (κ1) is 12.0. The largest absolute Gasteiger partial charge is 0.479 e. The highest BCUT2D eigenvalue weighted by atomic mass is 32.1. The predicted molar refractivity (Wildman–Crippen MR) is 67.3 cm³/mol. The lowest BCUT2D eigenvalue weighted by Gasteiger charge is -2.14. The number of rotatable bonds is 5. The molecule has 1 atom stereocenters. The van der Waals surface area contributed by atoms with Crippen molar-refractivity contribution in [2.75, 3.05) is 0 Å². The van der Waals surface area contributed by atoms with Crippen LogP contribution in [0.5, 0.6) is 5.75 Å². The summed E-state index contributed by atoms with van der Waals surface area (Å²) >= 11 is 4.37. The number of ether oxygens (including phenoxy) is 1. The summed E-state index contributed by atoms with van der Waals surface area (Å²) in [4.78, 5) is 0. The van der Waals surface area contributed by atoms with Gasteiger partial charge < -0.3 is 4.74 Å². The van der Waals surface area contributed by atoms with Crippen molar-refractivity contribution in [3.05, 3.63) is 29.8 Å². The molecule has 0 aromatic heterocycles. The van der Waals surface area contributed by atoms with Gasteiger partial charge in [0, 0.05) is 0 Å². The van der Waals surface area contributed by atoms with Crippen LogP contribution in [0.4, 0.5) is 0 Å². The molecule has 0 heterocycles. The van der Waals surface area contributed by atoms with E-state index < -0.39 is 0 Å². The van der Waals surface area contributed by atoms with Crippen LogP contribution in [0.25, 0.3) is 0 Å². The summed E-state index contributed by atoms with van der Waals surface area (Å²) in [6.07, 6.45) is 8.58. The maximum absolute atomic E-state index is 5.66. The van der Waals surface area contributed by atoms with E-state index in [1.165, 1.54) is 0 Å². The van der Waals surface area contributed by atoms with Crippen molar-refractivity contribution < 1.29 is 4.74 Å². The van der Waals surface area contributed by atoms with Crippen LogP contribution in [-0.4, -0.2) is 5.44 Å². The highest BCUT2D eigenvalue weighted by Gasteiger charge is 2.06. The number of hydrogen-bond acceptors (Lipinski definition) is 2. The molecule has 0 bridgehead atoms. The summed E-state index contributed by atoms with van der Waals surface area (Å²) in [6.45, 7) is 2.15. The highest BCUT2D eigenvalue weighted by Crippen LogP contribution is 2.20. The average molecular weight is 220 g/mol. The molecule has 1 unspecified atom stereocenters. The van der Waals surface area contributed by atoms with E-state index in [1.54, 1.807) is 0 Å². The van der Waals surface area contributed by atoms with Crippen LogP contribution >= 0.6 is 12.6 Å². The van der Waals surface area contributed by atoms with Crippen LogP contribution in [0, 0.1) is 12.3 Å². The molecule has 0 saturated heterocycles. The van der Waals surface area contributed by atoms with Gasteiger partial charge in [-0.3, -0.25) is 0 Å². The Kier molecular flexibility index (Phi) is 5.14. The zero-order valence-electron chi connectivity index (χ0n) is 8.94. The molecule has 0 spiro atoms. The molecule has 0 aliphatic heterocycles. The van der Waals surface area contributed by atoms with Crippen LogP contribution in [-0.2, 0) is 0 Å². The van der Waals surface area contributed by atoms with Gasteiger partial charge in [0.05, 0.1) is 5.56 Å². The Morgan fingerprint density at radius 2 is 2.20 bits per heavy atom. The highest BCUT2D eigenvalue weighted by molar-refractivity contribution is 7.80. The van der Waals surface area contributed by atoms with E-state index >= 15 is 0 Å². The molecular weight excluding hydrogens is 204 g/mol. The van der Waals surface area contributed by atoms with Crippen LogP contribution in [0.1, 0.15) is 31.7 Å². The monoisotopic (exact) mass is 220 g/mol. The zero-order valence-corrected chi connectivity index (χ0v) is 9.84. The van der Waals surface area contributed by atoms with E-state index in [-0.39, 0.29) is 5.44 Å². The molecule has 0 saturated carbocycles. The molecule has 80 valence electrons. The van der Waals surface area contributed by atoms with Gasteiger partial charge in [0.2, 0.25) is 0 Å². The predicted octanol–water partition coefficient (Wildman–Crippen LogP) is 3.49. The summed E-state index contributed by atoms with van der Waals surface area (Å²) in [5, 5.41) is 0. The fraction of sp³-hybridized carbons (Fsp3) is 0.385. The molecular formula is C13H16OS. The van der Waals surface area contributed by atoms with Crippen molar-refractivity contribution in [3.63, 3.8) is 0 Å². The second kappa shape index (κ2) is 6.42. The third-order valence-corrected chi connectivity index (χ3v) is 2.47. The molecule has 1 nitrogen and oxygen atoms in total. The van der Waals surface area contributed by atoms with Crippen LogP contribution in [0.3, 0.4) is 0 Å². The summed E-state index contributed by atoms with van der Waals surface area (Å²) in [6, 6.07) is 7.57. The first-order valence-electron chi connectivity index (χ1n) is 5.18. The second-order valence-corrected chi connectivity index (χ2v) is 3.93. The third kappa shape index (κ3) is 3.89. The first-order valence-corrected chi connectivity index (χ1v) is 5.70. The van der Waals surface area contributed by atoms with E-state index in [0.29, 0.717) is 0 Å². The Morgan fingerprint density at radius 1 is 1.47 bits per heavy atom. The van der Waals surface area contributed by atoms with E-state index in [1.807, 2.05) is 24.3 Å². The van der Waals surface area contributed by atoms with Gasteiger partial charge in [-0.2, -0.15) is 0 Å². The lowest BCUT2D eigenvalue weighted by atomic mass is 10.2. The Labute approximate surface area is 97.3 Å². The first-order chi connectivity index (χ1) is 7.27. The van der Waals surface area contributed by atoms with Crippen molar-refractivity contribution in [1.82, 2.24) is 0 Å². The Morgan fingerprint density at radius 3 is 2.87 bits per heavy atom. The summed E-state index contributed by atoms with van der Waals surface area (Å²) in [5.41, 5.74) is 0.715. The molecule has 0 aliphatic carbocycles. The van der Waals surface area contributed by atoms with E-state index in [2.05, 4.69) is 25.5 Å². The maximum atomic E-state index is 5.66. The fourth-order valence-corrected chi connectivity index (χ4v) is 1.57. The Balaban J connectivity index is 2.60. The lowest BCUT2D eigenvalue weighted by molar-refractivity contribution is 0.274. The summed E-state index contributed by atoms with van der Waals surface area (Å²) in [7, 11) is 0. The van der Waals surface area contributed by atoms with Gasteiger partial charge in [0.1, 0.15) is 11.2 Å². The number of hydrogen-bond donors (Lipinski definition) is 1.